The van der Waals surface area contributed by atoms with Crippen molar-refractivity contribution < 1.29 is 4.74 Å². The van der Waals surface area contributed by atoms with E-state index in [1.807, 2.05) is 0 Å². The van der Waals surface area contributed by atoms with Crippen LogP contribution in [0.4, 0.5) is 17.1 Å². The van der Waals surface area contributed by atoms with Crippen molar-refractivity contribution in [1.82, 2.24) is 0 Å². The number of hydrogen-bond donors (Lipinski definition) is 0. The minimum atomic E-state index is -0.490. The van der Waals surface area contributed by atoms with Gasteiger partial charge in [0.05, 0.1) is 27.9 Å². The number of nitrogens with zero attached hydrogens (tertiary/aromatic N) is 1. The van der Waals surface area contributed by atoms with Crippen LogP contribution in [0.25, 0.3) is 100 Å². The first-order chi connectivity index (χ1) is 46.1. The van der Waals surface area contributed by atoms with Gasteiger partial charge in [-0.15, -0.1) is 0 Å². The molecule has 1 heterocycles. The maximum Gasteiger partial charge on any atom is 0.151 e. The quantitative estimate of drug-likeness (QED) is 0.174. The van der Waals surface area contributed by atoms with E-state index in [4.69, 9.17) is 4.74 Å². The number of rotatable bonds is 4. The van der Waals surface area contributed by atoms with Crippen LogP contribution in [0.3, 0.4) is 0 Å². The summed E-state index contributed by atoms with van der Waals surface area (Å²) in [5, 5.41) is 0. The van der Waals surface area contributed by atoms with Gasteiger partial charge in [-0.05, 0) is 216 Å². The molecule has 14 aromatic carbocycles. The van der Waals surface area contributed by atoms with E-state index < -0.39 is 10.8 Å². The molecule has 440 valence electrons. The summed E-state index contributed by atoms with van der Waals surface area (Å²) < 4.78 is 7.77. The van der Waals surface area contributed by atoms with Gasteiger partial charge in [0.2, 0.25) is 0 Å². The molecule has 14 aromatic rings. The highest BCUT2D eigenvalue weighted by molar-refractivity contribution is 6.07. The molecule has 0 unspecified atom stereocenters. The van der Waals surface area contributed by atoms with Crippen molar-refractivity contribution in [3.8, 4) is 112 Å². The summed E-state index contributed by atoms with van der Waals surface area (Å²) in [5.41, 5.74) is 39.7. The van der Waals surface area contributed by atoms with Crippen LogP contribution >= 0.6 is 0 Å². The Morgan fingerprint density at radius 2 is 0.479 bits per heavy atom. The molecule has 0 radical (unpaired) electrons. The van der Waals surface area contributed by atoms with Crippen LogP contribution in [0, 0.1) is 0 Å². The molecule has 7 aliphatic rings. The third-order valence-electron chi connectivity index (χ3n) is 23.1. The molecule has 0 N–H and O–H groups in total. The third-order valence-corrected chi connectivity index (χ3v) is 23.1. The molecular weight excluding hydrogens is 1140 g/mol. The molecule has 0 atom stereocenters. The summed E-state index contributed by atoms with van der Waals surface area (Å²) in [6.07, 6.45) is 0. The fourth-order valence-corrected chi connectivity index (χ4v) is 19.0. The molecule has 2 heteroatoms. The van der Waals surface area contributed by atoms with Gasteiger partial charge in [-0.3, -0.25) is 0 Å². The second-order valence-corrected chi connectivity index (χ2v) is 28.1. The Balaban J connectivity index is 0.849. The number of benzene rings is 14. The smallest absolute Gasteiger partial charge is 0.151 e. The molecule has 0 saturated heterocycles. The SMILES string of the molecule is CC1(C)c2cc3c(cc2-c2cc4c(cc21)-c1ccccc1C41c2ccccc2-c2ccccc21)N(c1c(-c2ccccc2)cc(-c2ccccc2)cc1-c1ccccc1)c1cc2c(cc1O3)C(C)(C)c1cc3c(cc1-2)C1(c2ccccc2-c2ccccc21)c1ccccc1-3. The van der Waals surface area contributed by atoms with Crippen molar-refractivity contribution in [3.05, 3.63) is 364 Å². The normalized spacial score (nSPS) is 15.6. The summed E-state index contributed by atoms with van der Waals surface area (Å²) in [6, 6.07) is 113. The molecule has 0 aromatic heterocycles. The van der Waals surface area contributed by atoms with Crippen LogP contribution in [-0.4, -0.2) is 0 Å². The minimum Gasteiger partial charge on any atom is -0.453 e. The van der Waals surface area contributed by atoms with Crippen LogP contribution in [0.15, 0.2) is 297 Å². The highest BCUT2D eigenvalue weighted by Crippen LogP contribution is 2.69. The molecule has 21 rings (SSSR count). The topological polar surface area (TPSA) is 12.5 Å². The molecule has 94 heavy (non-hydrogen) atoms. The molecule has 1 aliphatic heterocycles. The lowest BCUT2D eigenvalue weighted by atomic mass is 9.70. The lowest BCUT2D eigenvalue weighted by Gasteiger charge is -2.37. The number of anilines is 3. The van der Waals surface area contributed by atoms with E-state index in [1.165, 1.54) is 139 Å². The lowest BCUT2D eigenvalue weighted by Crippen LogP contribution is -2.26. The van der Waals surface area contributed by atoms with Crippen LogP contribution < -0.4 is 9.64 Å². The largest absolute Gasteiger partial charge is 0.453 e. The molecule has 0 bridgehead atoms. The first-order valence-corrected chi connectivity index (χ1v) is 33.3. The van der Waals surface area contributed by atoms with E-state index in [2.05, 4.69) is 330 Å². The van der Waals surface area contributed by atoms with Crippen LogP contribution in [0.5, 0.6) is 11.5 Å². The zero-order valence-corrected chi connectivity index (χ0v) is 52.6. The third kappa shape index (κ3) is 6.41. The molecular formula is C92H61NO. The van der Waals surface area contributed by atoms with E-state index in [0.29, 0.717) is 0 Å². The van der Waals surface area contributed by atoms with Crippen molar-refractivity contribution in [2.75, 3.05) is 4.90 Å². The van der Waals surface area contributed by atoms with Gasteiger partial charge in [0.25, 0.3) is 0 Å². The van der Waals surface area contributed by atoms with Gasteiger partial charge in [0, 0.05) is 22.0 Å². The molecule has 0 amide bonds. The number of fused-ring (bicyclic) bond motifs is 28. The predicted molar refractivity (Wildman–Crippen MR) is 385 cm³/mol. The van der Waals surface area contributed by atoms with Crippen molar-refractivity contribution in [2.45, 2.75) is 49.4 Å². The van der Waals surface area contributed by atoms with E-state index >= 15 is 0 Å². The first kappa shape index (κ1) is 52.3. The number of ether oxygens (including phenoxy) is 1. The van der Waals surface area contributed by atoms with Gasteiger partial charge in [0.1, 0.15) is 0 Å². The monoisotopic (exact) mass is 1200 g/mol. The number of hydrogen-bond acceptors (Lipinski definition) is 2. The van der Waals surface area contributed by atoms with Crippen molar-refractivity contribution in [2.24, 2.45) is 0 Å². The first-order valence-electron chi connectivity index (χ1n) is 33.3. The fraction of sp³-hybridized carbons (Fsp3) is 0.0870. The Morgan fingerprint density at radius 1 is 0.213 bits per heavy atom. The maximum atomic E-state index is 7.77. The van der Waals surface area contributed by atoms with E-state index in [1.54, 1.807) is 0 Å². The zero-order chi connectivity index (χ0) is 62.1. The van der Waals surface area contributed by atoms with Crippen LogP contribution in [0.1, 0.15) is 94.5 Å². The molecule has 2 nitrogen and oxygen atoms in total. The zero-order valence-electron chi connectivity index (χ0n) is 52.6. The van der Waals surface area contributed by atoms with E-state index in [-0.39, 0.29) is 10.8 Å². The standard InChI is InChI=1S/C92H61NO/c1-89(2)78-46-66-62-36-18-24-42-76(62)91(72-38-20-14-32-58(72)59-33-15-21-39-73(59)91)82(66)48-68(78)70-50-84-86(52-80(70)89)94-87-53-81-71(51-85(87)93(84)88-64(55-28-10-6-11-29-55)44-57(54-26-8-5-9-27-54)45-65(88)56-30-12-7-13-31-56)69-49-83-67(47-79(69)90(81,3)4)63-37-19-25-43-77(63)92(83)74-40-22-16-34-60(74)61-35-17-23-41-75(61)92/h5-53H,1-4H3. The Hall–Kier alpha value is -11.3. The molecule has 0 saturated carbocycles. The molecule has 0 fully saturated rings. The van der Waals surface area contributed by atoms with Gasteiger partial charge in [0.15, 0.2) is 11.5 Å². The Labute approximate surface area is 548 Å². The molecule has 6 aliphatic carbocycles. The van der Waals surface area contributed by atoms with Crippen molar-refractivity contribution in [3.63, 3.8) is 0 Å². The average Bonchev–Trinajstić information content (AvgIpc) is 1.50. The van der Waals surface area contributed by atoms with Crippen molar-refractivity contribution >= 4 is 17.1 Å². The Bertz CT molecular complexity index is 5290. The lowest BCUT2D eigenvalue weighted by molar-refractivity contribution is 0.473. The summed E-state index contributed by atoms with van der Waals surface area (Å²) in [4.78, 5) is 2.62. The van der Waals surface area contributed by atoms with E-state index in [9.17, 15) is 0 Å². The Kier molecular flexibility index (Phi) is 10.2. The maximum absolute atomic E-state index is 7.77. The van der Waals surface area contributed by atoms with Gasteiger partial charge in [-0.25, -0.2) is 0 Å². The Morgan fingerprint density at radius 3 is 0.830 bits per heavy atom. The van der Waals surface area contributed by atoms with Gasteiger partial charge in [-0.1, -0.05) is 264 Å². The highest BCUT2D eigenvalue weighted by atomic mass is 16.5. The van der Waals surface area contributed by atoms with E-state index in [0.717, 1.165) is 56.4 Å². The molecule has 2 spiro atoms. The summed E-state index contributed by atoms with van der Waals surface area (Å²) in [7, 11) is 0. The summed E-state index contributed by atoms with van der Waals surface area (Å²) in [5.74, 6) is 1.68. The predicted octanol–water partition coefficient (Wildman–Crippen LogP) is 23.6. The minimum absolute atomic E-state index is 0.376. The van der Waals surface area contributed by atoms with Crippen LogP contribution in [0.2, 0.25) is 0 Å². The average molecular weight is 1200 g/mol. The van der Waals surface area contributed by atoms with Gasteiger partial charge in [-0.2, -0.15) is 0 Å². The highest BCUT2D eigenvalue weighted by Gasteiger charge is 2.55. The van der Waals surface area contributed by atoms with Crippen LogP contribution in [-0.2, 0) is 21.7 Å². The second-order valence-electron chi connectivity index (χ2n) is 28.1. The summed E-state index contributed by atoms with van der Waals surface area (Å²) >= 11 is 0. The summed E-state index contributed by atoms with van der Waals surface area (Å²) in [6.45, 7) is 9.72. The van der Waals surface area contributed by atoms with Gasteiger partial charge < -0.3 is 9.64 Å². The fourth-order valence-electron chi connectivity index (χ4n) is 19.0. The van der Waals surface area contributed by atoms with Gasteiger partial charge >= 0.3 is 0 Å². The van der Waals surface area contributed by atoms with Crippen molar-refractivity contribution in [1.29, 1.82) is 0 Å². The second kappa shape index (κ2) is 18.3.